The van der Waals surface area contributed by atoms with E-state index in [1.165, 1.54) is 88.7 Å². The summed E-state index contributed by atoms with van der Waals surface area (Å²) in [4.78, 5) is 2.57. The fourth-order valence-electron chi connectivity index (χ4n) is 11.0. The van der Waals surface area contributed by atoms with Crippen molar-refractivity contribution in [3.05, 3.63) is 167 Å². The number of anilines is 3. The van der Waals surface area contributed by atoms with Crippen LogP contribution < -0.4 is 4.90 Å². The van der Waals surface area contributed by atoms with Crippen molar-refractivity contribution in [1.29, 1.82) is 0 Å². The average molecular weight is 754 g/mol. The number of allylic oxidation sites excluding steroid dienone is 1. The Hall–Kier alpha value is -4.70. The largest absolute Gasteiger partial charge is 0.310 e. The second kappa shape index (κ2) is 11.9. The van der Waals surface area contributed by atoms with Crippen LogP contribution in [-0.2, 0) is 15.9 Å². The molecule has 0 fully saturated rings. The lowest BCUT2D eigenvalue weighted by Crippen LogP contribution is -2.35. The Bertz CT molecular complexity index is 2740. The number of rotatable bonds is 5. The highest BCUT2D eigenvalue weighted by Gasteiger charge is 2.55. The lowest BCUT2D eigenvalue weighted by molar-refractivity contribution is 0.660. The Morgan fingerprint density at radius 1 is 0.545 bits per heavy atom. The van der Waals surface area contributed by atoms with Crippen molar-refractivity contribution in [3.8, 4) is 22.3 Å². The van der Waals surface area contributed by atoms with Crippen molar-refractivity contribution in [3.63, 3.8) is 0 Å². The fraction of sp³-hybridized carbons (Fsp3) is 0.231. The Labute approximate surface area is 330 Å². The van der Waals surface area contributed by atoms with E-state index in [1.54, 1.807) is 5.56 Å². The van der Waals surface area contributed by atoms with Crippen LogP contribution in [0.4, 0.5) is 17.1 Å². The maximum absolute atomic E-state index is 2.57. The fourth-order valence-corrected chi connectivity index (χ4v) is 20.3. The first-order valence-corrected chi connectivity index (χ1v) is 25.3. The second-order valence-electron chi connectivity index (χ2n) is 17.9. The quantitative estimate of drug-likeness (QED) is 0.169. The third-order valence-corrected chi connectivity index (χ3v) is 20.2. The monoisotopic (exact) mass is 753 g/mol. The van der Waals surface area contributed by atoms with Gasteiger partial charge in [-0.25, -0.2) is 20.1 Å². The van der Waals surface area contributed by atoms with Crippen molar-refractivity contribution < 1.29 is 0 Å². The minimum atomic E-state index is -1.15. The highest BCUT2D eigenvalue weighted by Crippen LogP contribution is 2.80. The van der Waals surface area contributed by atoms with E-state index in [0.717, 1.165) is 12.8 Å². The van der Waals surface area contributed by atoms with Gasteiger partial charge in [-0.1, -0.05) is 111 Å². The second-order valence-corrected chi connectivity index (χ2v) is 26.8. The molecule has 0 radical (unpaired) electrons. The van der Waals surface area contributed by atoms with E-state index < -0.39 is 20.1 Å². The smallest absolute Gasteiger partial charge is 0.0817 e. The van der Waals surface area contributed by atoms with Gasteiger partial charge in [-0.15, -0.1) is 0 Å². The molecule has 0 N–H and O–H groups in total. The van der Waals surface area contributed by atoms with Crippen molar-refractivity contribution in [1.82, 2.24) is 0 Å². The summed E-state index contributed by atoms with van der Waals surface area (Å²) in [5, 5.41) is 5.37. The maximum Gasteiger partial charge on any atom is 0.0817 e. The van der Waals surface area contributed by atoms with Crippen molar-refractivity contribution in [2.45, 2.75) is 36.2 Å². The number of hydrogen-bond acceptors (Lipinski definition) is 1. The first kappa shape index (κ1) is 34.8. The van der Waals surface area contributed by atoms with E-state index in [9.17, 15) is 0 Å². The molecule has 0 bridgehead atoms. The molecule has 0 unspecified atom stereocenters. The molecule has 7 aromatic rings. The topological polar surface area (TPSA) is 3.24 Å². The van der Waals surface area contributed by atoms with Crippen LogP contribution in [0, 0.1) is 0 Å². The first-order chi connectivity index (χ1) is 26.3. The molecule has 3 aliphatic rings. The van der Waals surface area contributed by atoms with Crippen molar-refractivity contribution >= 4 is 64.7 Å². The summed E-state index contributed by atoms with van der Waals surface area (Å²) in [5.74, 6) is 0. The summed E-state index contributed by atoms with van der Waals surface area (Å²) in [6.07, 6.45) is 22.3. The molecular weight excluding hydrogens is 703 g/mol. The van der Waals surface area contributed by atoms with Gasteiger partial charge in [-0.05, 0) is 170 Å². The molecule has 0 spiro atoms. The molecule has 3 heteroatoms. The molecule has 0 atom stereocenters. The predicted octanol–water partition coefficient (Wildman–Crippen LogP) is 14.3. The zero-order valence-corrected chi connectivity index (χ0v) is 35.1. The van der Waals surface area contributed by atoms with Gasteiger partial charge in [0.2, 0.25) is 0 Å². The molecule has 0 aromatic heterocycles. The number of nitrogens with zero attached hydrogens (tertiary/aromatic N) is 1. The first-order valence-electron chi connectivity index (χ1n) is 19.6. The molecule has 10 rings (SSSR count). The van der Waals surface area contributed by atoms with Gasteiger partial charge in [0.05, 0.1) is 9.77 Å². The lowest BCUT2D eigenvalue weighted by Gasteiger charge is -2.59. The minimum absolute atomic E-state index is 0.0581. The molecule has 0 saturated heterocycles. The summed E-state index contributed by atoms with van der Waals surface area (Å²) in [6, 6.07) is 49.0. The van der Waals surface area contributed by atoms with Crippen LogP contribution in [0.1, 0.15) is 53.6 Å². The number of fused-ring (bicyclic) bond motifs is 11. The van der Waals surface area contributed by atoms with Gasteiger partial charge >= 0.3 is 0 Å². The molecule has 276 valence electrons. The van der Waals surface area contributed by atoms with Crippen LogP contribution in [-0.4, -0.2) is 37.5 Å². The van der Waals surface area contributed by atoms with Crippen molar-refractivity contribution in [2.24, 2.45) is 0 Å². The average Bonchev–Trinajstić information content (AvgIpc) is 3.61. The SMILES string of the molecule is CC1(C)c2ccccc2-c2c3c(cc(N(c4ccccc4)c4ccc5c6c(ccc5c4)-c4cc5ccccc5cc4C6(S(C)(C)C)S(C)(C)C)c21)CCC=C3. The van der Waals surface area contributed by atoms with Crippen molar-refractivity contribution in [2.75, 3.05) is 42.4 Å². The van der Waals surface area contributed by atoms with Gasteiger partial charge in [-0.3, -0.25) is 0 Å². The highest BCUT2D eigenvalue weighted by atomic mass is 32.3. The molecule has 0 amide bonds. The molecular formula is C52H51NS2. The zero-order chi connectivity index (χ0) is 38.1. The Morgan fingerprint density at radius 2 is 1.24 bits per heavy atom. The molecule has 55 heavy (non-hydrogen) atoms. The minimum Gasteiger partial charge on any atom is -0.310 e. The molecule has 3 aliphatic carbocycles. The van der Waals surface area contributed by atoms with Gasteiger partial charge in [0.25, 0.3) is 0 Å². The third-order valence-electron chi connectivity index (χ3n) is 12.9. The summed E-state index contributed by atoms with van der Waals surface area (Å²) >= 11 is 0. The van der Waals surface area contributed by atoms with Gasteiger partial charge in [-0.2, -0.15) is 0 Å². The van der Waals surface area contributed by atoms with E-state index in [4.69, 9.17) is 0 Å². The van der Waals surface area contributed by atoms with Gasteiger partial charge in [0, 0.05) is 16.8 Å². The molecule has 0 aliphatic heterocycles. The zero-order valence-electron chi connectivity index (χ0n) is 33.5. The summed E-state index contributed by atoms with van der Waals surface area (Å²) in [7, 11) is -2.31. The number of hydrogen-bond donors (Lipinski definition) is 0. The number of aryl methyl sites for hydroxylation is 1. The van der Waals surface area contributed by atoms with E-state index in [-0.39, 0.29) is 9.49 Å². The van der Waals surface area contributed by atoms with Gasteiger partial charge < -0.3 is 4.90 Å². The normalized spacial score (nSPS) is 16.7. The Morgan fingerprint density at radius 3 is 1.98 bits per heavy atom. The van der Waals surface area contributed by atoms with Gasteiger partial charge in [0.15, 0.2) is 0 Å². The summed E-state index contributed by atoms with van der Waals surface area (Å²) in [5.41, 5.74) is 18.0. The van der Waals surface area contributed by atoms with Crippen LogP contribution in [0.2, 0.25) is 0 Å². The van der Waals surface area contributed by atoms with E-state index in [0.29, 0.717) is 0 Å². The highest BCUT2D eigenvalue weighted by molar-refractivity contribution is 8.48. The molecule has 0 saturated carbocycles. The van der Waals surface area contributed by atoms with E-state index in [1.807, 2.05) is 0 Å². The number of para-hydroxylation sites is 1. The van der Waals surface area contributed by atoms with Gasteiger partial charge in [0.1, 0.15) is 0 Å². The van der Waals surface area contributed by atoms with Crippen LogP contribution in [0.5, 0.6) is 0 Å². The van der Waals surface area contributed by atoms with E-state index >= 15 is 0 Å². The molecule has 7 aromatic carbocycles. The predicted molar refractivity (Wildman–Crippen MR) is 248 cm³/mol. The summed E-state index contributed by atoms with van der Waals surface area (Å²) in [6.45, 7) is 4.86. The molecule has 0 heterocycles. The van der Waals surface area contributed by atoms with Crippen LogP contribution in [0.25, 0.3) is 49.9 Å². The standard InChI is InChI=1S/C52H51NS2/c1-51(2)45-25-17-16-24-43(45)48-40-23-15-14-20-36(40)33-47(50(48)51)53(38-21-10-9-11-22-38)39-27-29-41-37(30-39)26-28-42-44-31-34-18-12-13-19-35(34)32-46(44)52(49(41)42,54(3,4)5)55(6,7)8/h9-13,15-19,21-33H,14,20H2,1-8H3. The van der Waals surface area contributed by atoms with Crippen LogP contribution in [0.15, 0.2) is 133 Å². The number of benzene rings is 7. The molecule has 1 nitrogen and oxygen atoms in total. The Balaban J connectivity index is 1.26. The third kappa shape index (κ3) is 4.76. The Kier molecular flexibility index (Phi) is 7.52. The van der Waals surface area contributed by atoms with E-state index in [2.05, 4.69) is 196 Å². The van der Waals surface area contributed by atoms with Crippen LogP contribution >= 0.6 is 20.1 Å². The maximum atomic E-state index is 2.57. The summed E-state index contributed by atoms with van der Waals surface area (Å²) < 4.78 is -0.0581. The van der Waals surface area contributed by atoms with Crippen LogP contribution in [0.3, 0.4) is 0 Å². The lowest BCUT2D eigenvalue weighted by atomic mass is 9.79.